The quantitative estimate of drug-likeness (QED) is 0.615. The molecule has 120 valence electrons. The van der Waals surface area contributed by atoms with E-state index in [2.05, 4.69) is 9.97 Å². The largest absolute Gasteiger partial charge is 0.394 e. The molecule has 0 amide bonds. The number of hydrogen-bond donors (Lipinski definition) is 3. The molecule has 10 nitrogen and oxygen atoms in total. The van der Waals surface area contributed by atoms with Crippen LogP contribution in [0, 0.1) is 0 Å². The number of aliphatic hydroxyl groups is 2. The smallest absolute Gasteiger partial charge is 0.334 e. The molecule has 0 saturated carbocycles. The van der Waals surface area contributed by atoms with Crippen molar-refractivity contribution in [1.29, 1.82) is 0 Å². The average molecular weight is 311 g/mol. The summed E-state index contributed by atoms with van der Waals surface area (Å²) in [6.07, 6.45) is -0.774. The topological polar surface area (TPSA) is 138 Å². The minimum atomic E-state index is -0.945. The number of nitrogens with zero attached hydrogens (tertiary/aromatic N) is 4. The monoisotopic (exact) mass is 311 g/mol. The molecule has 0 unspecified atom stereocenters. The van der Waals surface area contributed by atoms with Gasteiger partial charge in [0.2, 0.25) is 5.95 Å². The molecular formula is C12H17N5O5. The van der Waals surface area contributed by atoms with E-state index in [-0.39, 0.29) is 31.4 Å². The second kappa shape index (κ2) is 5.65. The second-order valence-electron chi connectivity index (χ2n) is 5.07. The van der Waals surface area contributed by atoms with E-state index in [9.17, 15) is 15.0 Å². The van der Waals surface area contributed by atoms with Crippen molar-refractivity contribution in [3.63, 3.8) is 0 Å². The molecule has 2 aromatic rings. The van der Waals surface area contributed by atoms with Crippen LogP contribution in [-0.4, -0.2) is 55.2 Å². The lowest BCUT2D eigenvalue weighted by molar-refractivity contribution is -0.0509. The highest BCUT2D eigenvalue weighted by Gasteiger charge is 2.37. The van der Waals surface area contributed by atoms with Crippen molar-refractivity contribution >= 4 is 17.1 Å². The third-order valence-electron chi connectivity index (χ3n) is 3.61. The lowest BCUT2D eigenvalue weighted by Gasteiger charge is -2.15. The number of nitrogen functional groups attached to an aromatic ring is 1. The third-order valence-corrected chi connectivity index (χ3v) is 3.61. The maximum atomic E-state index is 12.6. The number of nitrogens with two attached hydrogens (primary N) is 1. The highest BCUT2D eigenvalue weighted by atomic mass is 16.5. The first kappa shape index (κ1) is 14.9. The van der Waals surface area contributed by atoms with E-state index in [1.54, 1.807) is 0 Å². The third kappa shape index (κ3) is 2.25. The maximum Gasteiger partial charge on any atom is 0.334 e. The van der Waals surface area contributed by atoms with Crippen LogP contribution in [0.2, 0.25) is 0 Å². The average Bonchev–Trinajstić information content (AvgIpc) is 2.98. The van der Waals surface area contributed by atoms with Crippen molar-refractivity contribution in [3.8, 4) is 0 Å². The van der Waals surface area contributed by atoms with Crippen LogP contribution < -0.4 is 11.4 Å². The Hall–Kier alpha value is -2.01. The summed E-state index contributed by atoms with van der Waals surface area (Å²) in [6.45, 7) is -0.238. The molecule has 3 rings (SSSR count). The zero-order valence-corrected chi connectivity index (χ0v) is 11.9. The van der Waals surface area contributed by atoms with Crippen molar-refractivity contribution in [3.05, 3.63) is 16.7 Å². The summed E-state index contributed by atoms with van der Waals surface area (Å²) in [5.41, 5.74) is 5.80. The van der Waals surface area contributed by atoms with E-state index in [1.807, 2.05) is 0 Å². The van der Waals surface area contributed by atoms with Gasteiger partial charge < -0.3 is 25.4 Å². The number of imidazole rings is 1. The van der Waals surface area contributed by atoms with E-state index in [4.69, 9.17) is 15.2 Å². The van der Waals surface area contributed by atoms with Gasteiger partial charge in [0.05, 0.1) is 18.9 Å². The van der Waals surface area contributed by atoms with Crippen LogP contribution in [0.5, 0.6) is 0 Å². The van der Waals surface area contributed by atoms with Crippen LogP contribution in [-0.2, 0) is 16.2 Å². The first-order valence-electron chi connectivity index (χ1n) is 6.73. The fourth-order valence-electron chi connectivity index (χ4n) is 2.63. The molecule has 0 aliphatic carbocycles. The SMILES string of the molecule is COCn1c(=O)n([C@@H]2O[C@H](CO)C[C@H]2O)c2nc(N)ncc21. The summed E-state index contributed by atoms with van der Waals surface area (Å²) in [5.74, 6) is 0.00186. The number of ether oxygens (including phenoxy) is 2. The molecule has 3 atom stereocenters. The van der Waals surface area contributed by atoms with E-state index < -0.39 is 24.1 Å². The van der Waals surface area contributed by atoms with Gasteiger partial charge in [0.1, 0.15) is 18.4 Å². The first-order chi connectivity index (χ1) is 10.6. The van der Waals surface area contributed by atoms with Gasteiger partial charge in [0.15, 0.2) is 11.9 Å². The summed E-state index contributed by atoms with van der Waals surface area (Å²) in [6, 6.07) is 0. The molecule has 1 saturated heterocycles. The Labute approximate surface area is 124 Å². The minimum absolute atomic E-state index is 0.00184. The van der Waals surface area contributed by atoms with E-state index in [0.29, 0.717) is 5.52 Å². The lowest BCUT2D eigenvalue weighted by Crippen LogP contribution is -2.32. The molecular weight excluding hydrogens is 294 g/mol. The van der Waals surface area contributed by atoms with Crippen LogP contribution in [0.1, 0.15) is 12.6 Å². The van der Waals surface area contributed by atoms with E-state index in [1.165, 1.54) is 22.4 Å². The fraction of sp³-hybridized carbons (Fsp3) is 0.583. The van der Waals surface area contributed by atoms with Crippen molar-refractivity contribution < 1.29 is 19.7 Å². The molecule has 0 bridgehead atoms. The Morgan fingerprint density at radius 2 is 2.36 bits per heavy atom. The number of anilines is 1. The summed E-state index contributed by atoms with van der Waals surface area (Å²) < 4.78 is 13.1. The van der Waals surface area contributed by atoms with Crippen LogP contribution in [0.3, 0.4) is 0 Å². The Balaban J connectivity index is 2.18. The standard InChI is InChI=1S/C12H17N5O5/c1-21-5-16-7-3-14-11(13)15-9(7)17(12(16)20)10-8(19)2-6(4-18)22-10/h3,6,8,10,18-19H,2,4-5H2,1H3,(H2,13,14,15)/t6-,8+,10+/m0/s1. The van der Waals surface area contributed by atoms with Crippen LogP contribution in [0.15, 0.2) is 11.0 Å². The minimum Gasteiger partial charge on any atom is -0.394 e. The molecule has 1 aliphatic rings. The van der Waals surface area contributed by atoms with Crippen LogP contribution in [0.25, 0.3) is 11.2 Å². The molecule has 10 heteroatoms. The molecule has 0 aromatic carbocycles. The van der Waals surface area contributed by atoms with Crippen molar-refractivity contribution in [2.24, 2.45) is 0 Å². The number of hydrogen-bond acceptors (Lipinski definition) is 8. The van der Waals surface area contributed by atoms with Crippen molar-refractivity contribution in [2.75, 3.05) is 19.5 Å². The van der Waals surface area contributed by atoms with Gasteiger partial charge in [-0.25, -0.2) is 14.3 Å². The summed E-state index contributed by atoms with van der Waals surface area (Å²) >= 11 is 0. The molecule has 1 fully saturated rings. The summed E-state index contributed by atoms with van der Waals surface area (Å²) in [7, 11) is 1.45. The van der Waals surface area contributed by atoms with E-state index in [0.717, 1.165) is 0 Å². The number of fused-ring (bicyclic) bond motifs is 1. The number of rotatable bonds is 4. The summed E-state index contributed by atoms with van der Waals surface area (Å²) in [5, 5.41) is 19.3. The van der Waals surface area contributed by atoms with Gasteiger partial charge >= 0.3 is 5.69 Å². The van der Waals surface area contributed by atoms with E-state index >= 15 is 0 Å². The predicted molar refractivity (Wildman–Crippen MR) is 74.8 cm³/mol. The molecule has 22 heavy (non-hydrogen) atoms. The Morgan fingerprint density at radius 1 is 1.59 bits per heavy atom. The maximum absolute atomic E-state index is 12.6. The molecule has 0 spiro atoms. The predicted octanol–water partition coefficient (Wildman–Crippen LogP) is -1.58. The number of methoxy groups -OCH3 is 1. The van der Waals surface area contributed by atoms with Gasteiger partial charge in [0.25, 0.3) is 0 Å². The van der Waals surface area contributed by atoms with Crippen LogP contribution >= 0.6 is 0 Å². The van der Waals surface area contributed by atoms with Gasteiger partial charge in [-0.15, -0.1) is 0 Å². The molecule has 4 N–H and O–H groups in total. The van der Waals surface area contributed by atoms with Gasteiger partial charge in [-0.3, -0.25) is 4.57 Å². The Kier molecular flexibility index (Phi) is 3.83. The highest BCUT2D eigenvalue weighted by molar-refractivity contribution is 5.71. The van der Waals surface area contributed by atoms with Gasteiger partial charge in [-0.05, 0) is 0 Å². The molecule has 0 radical (unpaired) electrons. The number of aliphatic hydroxyl groups excluding tert-OH is 2. The van der Waals surface area contributed by atoms with Crippen molar-refractivity contribution in [1.82, 2.24) is 19.1 Å². The normalized spacial score (nSPS) is 25.1. The second-order valence-corrected chi connectivity index (χ2v) is 5.07. The first-order valence-corrected chi connectivity index (χ1v) is 6.73. The van der Waals surface area contributed by atoms with Crippen LogP contribution in [0.4, 0.5) is 5.95 Å². The number of aromatic nitrogens is 4. The Morgan fingerprint density at radius 3 is 3.00 bits per heavy atom. The fourth-order valence-corrected chi connectivity index (χ4v) is 2.63. The van der Waals surface area contributed by atoms with Gasteiger partial charge in [-0.2, -0.15) is 4.98 Å². The Bertz CT molecular complexity index is 741. The highest BCUT2D eigenvalue weighted by Crippen LogP contribution is 2.30. The zero-order chi connectivity index (χ0) is 15.9. The molecule has 3 heterocycles. The van der Waals surface area contributed by atoms with Gasteiger partial charge in [0, 0.05) is 13.5 Å². The zero-order valence-electron chi connectivity index (χ0n) is 11.9. The molecule has 2 aromatic heterocycles. The molecule has 1 aliphatic heterocycles. The summed E-state index contributed by atoms with van der Waals surface area (Å²) in [4.78, 5) is 20.5. The van der Waals surface area contributed by atoms with Crippen molar-refractivity contribution in [2.45, 2.75) is 31.6 Å². The lowest BCUT2D eigenvalue weighted by atomic mass is 10.2. The van der Waals surface area contributed by atoms with Gasteiger partial charge in [-0.1, -0.05) is 0 Å².